The van der Waals surface area contributed by atoms with Crippen LogP contribution < -0.4 is 0 Å². The van der Waals surface area contributed by atoms with E-state index < -0.39 is 6.10 Å². The molecule has 6 heteroatoms. The van der Waals surface area contributed by atoms with Crippen LogP contribution in [-0.2, 0) is 28.6 Å². The number of hydrogen-bond donors (Lipinski definition) is 0. The van der Waals surface area contributed by atoms with E-state index in [-0.39, 0.29) is 31.1 Å². The molecule has 0 spiro atoms. The van der Waals surface area contributed by atoms with Gasteiger partial charge in [0.25, 0.3) is 0 Å². The van der Waals surface area contributed by atoms with Crippen molar-refractivity contribution in [2.45, 2.75) is 348 Å². The number of carbonyl (C=O) groups is 3. The van der Waals surface area contributed by atoms with Gasteiger partial charge in [0, 0.05) is 19.3 Å². The van der Waals surface area contributed by atoms with Gasteiger partial charge in [0.05, 0.1) is 0 Å². The fourth-order valence-corrected chi connectivity index (χ4v) is 9.56. The molecule has 0 N–H and O–H groups in total. The Bertz CT molecular complexity index is 1270. The Balaban J connectivity index is 3.98. The topological polar surface area (TPSA) is 78.9 Å². The second-order valence-electron chi connectivity index (χ2n) is 21.7. The molecule has 1 atom stereocenters. The molecular formula is C67H122O6. The predicted octanol–water partition coefficient (Wildman–Crippen LogP) is 21.8. The summed E-state index contributed by atoms with van der Waals surface area (Å²) in [5.74, 6) is -0.863. The number of carbonyl (C=O) groups excluding carboxylic acids is 3. The Morgan fingerprint density at radius 1 is 0.288 bits per heavy atom. The third-order valence-electron chi connectivity index (χ3n) is 14.3. The number of unbranched alkanes of at least 4 members (excludes halogenated alkanes) is 40. The predicted molar refractivity (Wildman–Crippen MR) is 316 cm³/mol. The molecule has 0 heterocycles. The monoisotopic (exact) mass is 1020 g/mol. The lowest BCUT2D eigenvalue weighted by molar-refractivity contribution is -0.167. The summed E-state index contributed by atoms with van der Waals surface area (Å²) in [7, 11) is 0. The molecule has 0 fully saturated rings. The maximum Gasteiger partial charge on any atom is 0.306 e. The lowest BCUT2D eigenvalue weighted by Gasteiger charge is -2.18. The molecule has 0 saturated heterocycles. The average molecular weight is 1020 g/mol. The zero-order chi connectivity index (χ0) is 52.9. The van der Waals surface area contributed by atoms with E-state index in [4.69, 9.17) is 14.2 Å². The summed E-state index contributed by atoms with van der Waals surface area (Å²) in [5, 5.41) is 0. The van der Waals surface area contributed by atoms with Crippen LogP contribution in [-0.4, -0.2) is 37.2 Å². The van der Waals surface area contributed by atoms with Gasteiger partial charge in [-0.25, -0.2) is 0 Å². The number of hydrogen-bond acceptors (Lipinski definition) is 6. The molecule has 0 aromatic heterocycles. The van der Waals surface area contributed by atoms with Gasteiger partial charge in [-0.3, -0.25) is 14.4 Å². The Labute approximate surface area is 454 Å². The minimum Gasteiger partial charge on any atom is -0.462 e. The summed E-state index contributed by atoms with van der Waals surface area (Å²) >= 11 is 0. The average Bonchev–Trinajstić information content (AvgIpc) is 3.39. The van der Waals surface area contributed by atoms with E-state index >= 15 is 0 Å². The zero-order valence-corrected chi connectivity index (χ0v) is 48.9. The molecule has 6 nitrogen and oxygen atoms in total. The highest BCUT2D eigenvalue weighted by atomic mass is 16.6. The highest BCUT2D eigenvalue weighted by Gasteiger charge is 2.19. The molecule has 0 rings (SSSR count). The number of esters is 3. The van der Waals surface area contributed by atoms with E-state index in [0.717, 1.165) is 89.9 Å². The molecule has 0 aliphatic heterocycles. The first-order valence-corrected chi connectivity index (χ1v) is 32.1. The number of allylic oxidation sites excluding steroid dienone is 8. The maximum absolute atomic E-state index is 12.8. The Kier molecular flexibility index (Phi) is 59.7. The molecule has 0 bridgehead atoms. The fourth-order valence-electron chi connectivity index (χ4n) is 9.56. The highest BCUT2D eigenvalue weighted by Crippen LogP contribution is 2.18. The van der Waals surface area contributed by atoms with E-state index in [1.807, 2.05) is 0 Å². The molecule has 0 aliphatic carbocycles. The standard InChI is InChI=1S/C67H122O6/c1-4-7-10-13-15-17-19-21-23-25-27-29-31-32-33-34-36-37-39-41-43-45-47-49-51-54-57-60-66(69)72-63-64(62-71-65(68)59-56-53-12-9-6-3)73-67(70)61-58-55-52-50-48-46-44-42-40-38-35-30-28-26-24-22-20-18-16-14-11-8-5-2/h7,10,15,17,21,23,27,29,64H,4-6,8-9,11-14,16,18-20,22,24-26,28,30-63H2,1-3H3/b10-7-,17-15-,23-21-,29-27-. The molecule has 0 aromatic carbocycles. The lowest BCUT2D eigenvalue weighted by Crippen LogP contribution is -2.30. The third kappa shape index (κ3) is 60.1. The van der Waals surface area contributed by atoms with Crippen LogP contribution in [0.1, 0.15) is 342 Å². The second kappa shape index (κ2) is 61.9. The molecular weight excluding hydrogens is 901 g/mol. The first-order chi connectivity index (χ1) is 36.0. The van der Waals surface area contributed by atoms with E-state index in [0.29, 0.717) is 19.3 Å². The van der Waals surface area contributed by atoms with Crippen molar-refractivity contribution in [3.63, 3.8) is 0 Å². The van der Waals surface area contributed by atoms with Crippen molar-refractivity contribution >= 4 is 17.9 Å². The van der Waals surface area contributed by atoms with Crippen molar-refractivity contribution in [1.29, 1.82) is 0 Å². The molecule has 0 saturated carbocycles. The third-order valence-corrected chi connectivity index (χ3v) is 14.3. The molecule has 0 radical (unpaired) electrons. The van der Waals surface area contributed by atoms with Crippen LogP contribution in [0.25, 0.3) is 0 Å². The summed E-state index contributed by atoms with van der Waals surface area (Å²) < 4.78 is 16.8. The molecule has 0 amide bonds. The van der Waals surface area contributed by atoms with Gasteiger partial charge in [0.15, 0.2) is 6.10 Å². The van der Waals surface area contributed by atoms with Gasteiger partial charge in [0.2, 0.25) is 0 Å². The molecule has 0 aromatic rings. The van der Waals surface area contributed by atoms with Crippen LogP contribution in [0, 0.1) is 0 Å². The van der Waals surface area contributed by atoms with E-state index in [2.05, 4.69) is 69.4 Å². The largest absolute Gasteiger partial charge is 0.462 e. The van der Waals surface area contributed by atoms with Crippen molar-refractivity contribution in [3.05, 3.63) is 48.6 Å². The van der Waals surface area contributed by atoms with E-state index in [9.17, 15) is 14.4 Å². The van der Waals surface area contributed by atoms with Crippen molar-refractivity contribution in [3.8, 4) is 0 Å². The zero-order valence-electron chi connectivity index (χ0n) is 48.9. The molecule has 73 heavy (non-hydrogen) atoms. The summed E-state index contributed by atoms with van der Waals surface area (Å²) in [6, 6.07) is 0. The number of ether oxygens (including phenoxy) is 3. The maximum atomic E-state index is 12.8. The van der Waals surface area contributed by atoms with E-state index in [1.54, 1.807) is 0 Å². The van der Waals surface area contributed by atoms with Crippen LogP contribution in [0.3, 0.4) is 0 Å². The van der Waals surface area contributed by atoms with Gasteiger partial charge in [-0.2, -0.15) is 0 Å². The van der Waals surface area contributed by atoms with Crippen molar-refractivity contribution in [1.82, 2.24) is 0 Å². The lowest BCUT2D eigenvalue weighted by atomic mass is 10.0. The summed E-state index contributed by atoms with van der Waals surface area (Å²) in [5.41, 5.74) is 0. The van der Waals surface area contributed by atoms with Crippen molar-refractivity contribution in [2.24, 2.45) is 0 Å². The quantitative estimate of drug-likeness (QED) is 0.0261. The molecule has 426 valence electrons. The van der Waals surface area contributed by atoms with Crippen LogP contribution in [0.4, 0.5) is 0 Å². The van der Waals surface area contributed by atoms with E-state index in [1.165, 1.54) is 212 Å². The van der Waals surface area contributed by atoms with Gasteiger partial charge in [-0.05, 0) is 57.8 Å². The molecule has 1 unspecified atom stereocenters. The smallest absolute Gasteiger partial charge is 0.306 e. The van der Waals surface area contributed by atoms with Crippen LogP contribution in [0.5, 0.6) is 0 Å². The van der Waals surface area contributed by atoms with Gasteiger partial charge in [-0.1, -0.05) is 313 Å². The Hall–Kier alpha value is -2.63. The van der Waals surface area contributed by atoms with Crippen LogP contribution in [0.15, 0.2) is 48.6 Å². The SMILES string of the molecule is CC/C=C\C/C=C\C/C=C\C/C=C\CCCCCCCCCCCCCCCCC(=O)OCC(COC(=O)CCCCCCC)OC(=O)CCCCCCCCCCCCCCCCCCCCCCCCC. The fraction of sp³-hybridized carbons (Fsp3) is 0.836. The summed E-state index contributed by atoms with van der Waals surface area (Å²) in [6.07, 6.45) is 77.5. The normalized spacial score (nSPS) is 12.3. The first-order valence-electron chi connectivity index (χ1n) is 32.1. The summed E-state index contributed by atoms with van der Waals surface area (Å²) in [4.78, 5) is 37.9. The second-order valence-corrected chi connectivity index (χ2v) is 21.7. The van der Waals surface area contributed by atoms with Gasteiger partial charge in [0.1, 0.15) is 13.2 Å². The van der Waals surface area contributed by atoms with Gasteiger partial charge >= 0.3 is 17.9 Å². The van der Waals surface area contributed by atoms with Gasteiger partial charge < -0.3 is 14.2 Å². The molecule has 0 aliphatic rings. The first kappa shape index (κ1) is 70.4. The number of rotatable bonds is 59. The Morgan fingerprint density at radius 2 is 0.534 bits per heavy atom. The Morgan fingerprint density at radius 3 is 0.836 bits per heavy atom. The van der Waals surface area contributed by atoms with Crippen molar-refractivity contribution < 1.29 is 28.6 Å². The van der Waals surface area contributed by atoms with Crippen LogP contribution in [0.2, 0.25) is 0 Å². The minimum absolute atomic E-state index is 0.0690. The van der Waals surface area contributed by atoms with Gasteiger partial charge in [-0.15, -0.1) is 0 Å². The van der Waals surface area contributed by atoms with Crippen LogP contribution >= 0.6 is 0 Å². The van der Waals surface area contributed by atoms with Crippen molar-refractivity contribution in [2.75, 3.05) is 13.2 Å². The minimum atomic E-state index is -0.767. The summed E-state index contributed by atoms with van der Waals surface area (Å²) in [6.45, 7) is 6.50. The highest BCUT2D eigenvalue weighted by molar-refractivity contribution is 5.71.